The molecule has 0 unspecified atom stereocenters. The second-order valence-corrected chi connectivity index (χ2v) is 4.14. The molecule has 0 aliphatic carbocycles. The Morgan fingerprint density at radius 2 is 2.19 bits per heavy atom. The number of ether oxygens (including phenoxy) is 3. The largest absolute Gasteiger partial charge is 0.465 e. The van der Waals surface area contributed by atoms with E-state index in [4.69, 9.17) is 32.9 Å². The summed E-state index contributed by atoms with van der Waals surface area (Å²) in [7, 11) is 2.77. The third-order valence-corrected chi connectivity index (χ3v) is 2.59. The molecule has 0 radical (unpaired) electrons. The first-order valence-electron chi connectivity index (χ1n) is 5.95. The van der Waals surface area contributed by atoms with Gasteiger partial charge in [0.05, 0.1) is 19.3 Å². The van der Waals surface area contributed by atoms with Crippen molar-refractivity contribution in [3.63, 3.8) is 0 Å². The number of benzene rings is 1. The molecule has 0 bridgehead atoms. The number of nitrogens with one attached hydrogen (secondary N) is 2. The Hall–Kier alpha value is -2.30. The number of rotatable bonds is 6. The van der Waals surface area contributed by atoms with Gasteiger partial charge in [0.15, 0.2) is 17.7 Å². The lowest BCUT2D eigenvalue weighted by atomic mass is 10.1. The monoisotopic (exact) mass is 308 g/mol. The molecule has 1 rings (SSSR count). The van der Waals surface area contributed by atoms with Gasteiger partial charge in [-0.15, -0.1) is 6.42 Å². The molecule has 0 amide bonds. The number of methoxy groups -OCH3 is 2. The van der Waals surface area contributed by atoms with Crippen LogP contribution in [0.15, 0.2) is 18.2 Å². The Kier molecular flexibility index (Phi) is 7.01. The maximum Gasteiger partial charge on any atom is 0.341 e. The van der Waals surface area contributed by atoms with E-state index >= 15 is 0 Å². The number of terminal acetylenes is 1. The van der Waals surface area contributed by atoms with Gasteiger partial charge >= 0.3 is 5.97 Å². The fourth-order valence-electron chi connectivity index (χ4n) is 1.48. The lowest BCUT2D eigenvalue weighted by Crippen LogP contribution is -2.29. The highest BCUT2D eigenvalue weighted by atomic mass is 32.1. The zero-order valence-electron chi connectivity index (χ0n) is 11.8. The molecule has 0 aromatic heterocycles. The lowest BCUT2D eigenvalue weighted by molar-refractivity contribution is 0.0469. The molecule has 0 aliphatic rings. The van der Waals surface area contributed by atoms with Crippen LogP contribution in [0.1, 0.15) is 10.4 Å². The molecule has 0 aliphatic heterocycles. The zero-order valence-corrected chi connectivity index (χ0v) is 12.6. The quantitative estimate of drug-likeness (QED) is 0.356. The fourth-order valence-corrected chi connectivity index (χ4v) is 1.66. The van der Waals surface area contributed by atoms with Crippen molar-refractivity contribution in [1.82, 2.24) is 5.32 Å². The predicted molar refractivity (Wildman–Crippen MR) is 83.3 cm³/mol. The summed E-state index contributed by atoms with van der Waals surface area (Å²) >= 11 is 5.09. The molecule has 2 N–H and O–H groups in total. The molecule has 1 aromatic carbocycles. The first-order valence-corrected chi connectivity index (χ1v) is 6.36. The van der Waals surface area contributed by atoms with Gasteiger partial charge in [-0.2, -0.15) is 0 Å². The van der Waals surface area contributed by atoms with E-state index < -0.39 is 5.97 Å². The van der Waals surface area contributed by atoms with Crippen LogP contribution in [0.4, 0.5) is 5.69 Å². The van der Waals surface area contributed by atoms with Crippen molar-refractivity contribution in [2.24, 2.45) is 0 Å². The maximum atomic E-state index is 11.8. The Bertz CT molecular complexity index is 554. The number of carbonyl (C=O) groups is 1. The summed E-state index contributed by atoms with van der Waals surface area (Å²) < 4.78 is 15.0. The van der Waals surface area contributed by atoms with Crippen molar-refractivity contribution in [2.75, 3.05) is 32.9 Å². The van der Waals surface area contributed by atoms with Crippen molar-refractivity contribution in [3.8, 4) is 18.1 Å². The Morgan fingerprint density at radius 1 is 1.43 bits per heavy atom. The summed E-state index contributed by atoms with van der Waals surface area (Å²) in [6.07, 6.45) is 5.15. The number of thiocarbonyl (C=S) groups is 1. The summed E-state index contributed by atoms with van der Waals surface area (Å²) in [5.41, 5.74) is 0.767. The minimum atomic E-state index is -0.521. The highest BCUT2D eigenvalue weighted by Gasteiger charge is 2.17. The van der Waals surface area contributed by atoms with Gasteiger partial charge < -0.3 is 24.8 Å². The van der Waals surface area contributed by atoms with Gasteiger partial charge in [-0.3, -0.25) is 0 Å². The van der Waals surface area contributed by atoms with Gasteiger partial charge in [0.2, 0.25) is 0 Å². The zero-order chi connectivity index (χ0) is 15.7. The van der Waals surface area contributed by atoms with E-state index in [0.29, 0.717) is 10.8 Å². The molecule has 0 fully saturated rings. The van der Waals surface area contributed by atoms with Gasteiger partial charge in [-0.25, -0.2) is 4.79 Å². The van der Waals surface area contributed by atoms with Crippen LogP contribution in [0.25, 0.3) is 0 Å². The first-order chi connectivity index (χ1) is 10.1. The standard InChI is InChI=1S/C14H16N2O4S/c1-4-8-15-14(21)16-11-7-5-6-10(13(17)19-3)12(11)20-9-18-2/h1,5-7H,8-9H2,2-3H3,(H2,15,16,21). The van der Waals surface area contributed by atoms with Crippen LogP contribution in [0.2, 0.25) is 0 Å². The van der Waals surface area contributed by atoms with Gasteiger partial charge in [0.25, 0.3) is 0 Å². The highest BCUT2D eigenvalue weighted by Crippen LogP contribution is 2.29. The Balaban J connectivity index is 3.03. The summed E-state index contributed by atoms with van der Waals surface area (Å²) in [6, 6.07) is 4.97. The van der Waals surface area contributed by atoms with E-state index in [2.05, 4.69) is 16.6 Å². The minimum Gasteiger partial charge on any atom is -0.465 e. The van der Waals surface area contributed by atoms with Crippen molar-refractivity contribution in [3.05, 3.63) is 23.8 Å². The van der Waals surface area contributed by atoms with Gasteiger partial charge in [0, 0.05) is 7.11 Å². The average molecular weight is 308 g/mol. The molecule has 21 heavy (non-hydrogen) atoms. The molecule has 112 valence electrons. The third kappa shape index (κ3) is 4.95. The lowest BCUT2D eigenvalue weighted by Gasteiger charge is -2.16. The molecule has 0 saturated heterocycles. The van der Waals surface area contributed by atoms with Gasteiger partial charge in [-0.1, -0.05) is 12.0 Å². The molecular formula is C14H16N2O4S. The fraction of sp³-hybridized carbons (Fsp3) is 0.286. The van der Waals surface area contributed by atoms with Crippen LogP contribution in [0.5, 0.6) is 5.75 Å². The number of para-hydroxylation sites is 1. The smallest absolute Gasteiger partial charge is 0.341 e. The molecule has 0 spiro atoms. The first kappa shape index (κ1) is 16.8. The topological polar surface area (TPSA) is 68.8 Å². The molecule has 1 aromatic rings. The van der Waals surface area contributed by atoms with Gasteiger partial charge in [-0.05, 0) is 24.4 Å². The SMILES string of the molecule is C#CCNC(=S)Nc1cccc(C(=O)OC)c1OCOC. The maximum absolute atomic E-state index is 11.8. The van der Waals surface area contributed by atoms with Crippen molar-refractivity contribution >= 4 is 29.0 Å². The summed E-state index contributed by atoms with van der Waals surface area (Å²) in [5, 5.41) is 6.03. The highest BCUT2D eigenvalue weighted by molar-refractivity contribution is 7.80. The Morgan fingerprint density at radius 3 is 2.81 bits per heavy atom. The normalized spacial score (nSPS) is 9.38. The third-order valence-electron chi connectivity index (χ3n) is 2.34. The number of hydrogen-bond acceptors (Lipinski definition) is 5. The van der Waals surface area contributed by atoms with Crippen LogP contribution in [-0.4, -0.2) is 38.6 Å². The number of hydrogen-bond donors (Lipinski definition) is 2. The molecule has 6 nitrogen and oxygen atoms in total. The van der Waals surface area contributed by atoms with Gasteiger partial charge in [0.1, 0.15) is 5.56 Å². The second-order valence-electron chi connectivity index (χ2n) is 3.74. The van der Waals surface area contributed by atoms with Crippen LogP contribution in [0.3, 0.4) is 0 Å². The van der Waals surface area contributed by atoms with E-state index in [1.54, 1.807) is 18.2 Å². The molecular weight excluding hydrogens is 292 g/mol. The molecule has 0 atom stereocenters. The minimum absolute atomic E-state index is 0.0206. The van der Waals surface area contributed by atoms with Crippen molar-refractivity contribution < 1.29 is 19.0 Å². The number of carbonyl (C=O) groups excluding carboxylic acids is 1. The van der Waals surface area contributed by atoms with Crippen LogP contribution in [0, 0.1) is 12.3 Å². The van der Waals surface area contributed by atoms with Crippen LogP contribution < -0.4 is 15.4 Å². The number of anilines is 1. The van der Waals surface area contributed by atoms with Crippen LogP contribution in [-0.2, 0) is 9.47 Å². The molecule has 0 saturated carbocycles. The van der Waals surface area contributed by atoms with Crippen molar-refractivity contribution in [2.45, 2.75) is 0 Å². The summed E-state index contributed by atoms with van der Waals surface area (Å²) in [5.74, 6) is 2.18. The summed E-state index contributed by atoms with van der Waals surface area (Å²) in [4.78, 5) is 11.8. The van der Waals surface area contributed by atoms with E-state index in [-0.39, 0.29) is 24.7 Å². The molecule has 0 heterocycles. The van der Waals surface area contributed by atoms with E-state index in [9.17, 15) is 4.79 Å². The molecule has 7 heteroatoms. The summed E-state index contributed by atoms with van der Waals surface area (Å²) in [6.45, 7) is 0.268. The van der Waals surface area contributed by atoms with E-state index in [1.165, 1.54) is 14.2 Å². The average Bonchev–Trinajstić information content (AvgIpc) is 2.50. The number of esters is 1. The second kappa shape index (κ2) is 8.79. The van der Waals surface area contributed by atoms with E-state index in [1.807, 2.05) is 0 Å². The predicted octanol–water partition coefficient (Wildman–Crippen LogP) is 1.38. The van der Waals surface area contributed by atoms with Crippen LogP contribution >= 0.6 is 12.2 Å². The Labute approximate surface area is 128 Å². The van der Waals surface area contributed by atoms with E-state index in [0.717, 1.165) is 0 Å². The van der Waals surface area contributed by atoms with Crippen molar-refractivity contribution in [1.29, 1.82) is 0 Å².